The van der Waals surface area contributed by atoms with Crippen molar-refractivity contribution in [3.8, 4) is 0 Å². The van der Waals surface area contributed by atoms with E-state index in [1.165, 1.54) is 13.8 Å². The summed E-state index contributed by atoms with van der Waals surface area (Å²) in [6.45, 7) is 10.2. The van der Waals surface area contributed by atoms with Crippen molar-refractivity contribution in [2.45, 2.75) is 128 Å². The second-order valence-electron chi connectivity index (χ2n) is 12.4. The highest BCUT2D eigenvalue weighted by Crippen LogP contribution is 2.42. The van der Waals surface area contributed by atoms with Crippen molar-refractivity contribution >= 4 is 11.9 Å². The first kappa shape index (κ1) is 32.4. The zero-order valence-electron chi connectivity index (χ0n) is 26.2. The minimum atomic E-state index is -0.885. The fraction of sp³-hybridized carbons (Fsp3) is 0.793. The molecule has 10 atom stereocenters. The van der Waals surface area contributed by atoms with Gasteiger partial charge in [-0.1, -0.05) is 17.4 Å². The number of esters is 2. The molecule has 5 aliphatic heterocycles. The quantitative estimate of drug-likeness (QED) is 0.336. The summed E-state index contributed by atoms with van der Waals surface area (Å²) in [5, 5.41) is 8.50. The summed E-state index contributed by atoms with van der Waals surface area (Å²) in [7, 11) is 0. The topological polar surface area (TPSA) is 166 Å². The van der Waals surface area contributed by atoms with Crippen molar-refractivity contribution in [2.75, 3.05) is 19.8 Å². The average Bonchev–Trinajstić information content (AvgIpc) is 3.72. The van der Waals surface area contributed by atoms with Crippen molar-refractivity contribution in [3.05, 3.63) is 24.0 Å². The van der Waals surface area contributed by atoms with E-state index >= 15 is 0 Å². The second kappa shape index (κ2) is 12.9. The van der Waals surface area contributed by atoms with Crippen LogP contribution in [0.2, 0.25) is 0 Å². The number of carbonyl (C=O) groups excluding carboxylic acids is 2. The highest BCUT2D eigenvalue weighted by molar-refractivity contribution is 5.66. The number of aromatic nitrogens is 3. The number of carbonyl (C=O) groups is 2. The molecular weight excluding hydrogens is 598 g/mol. The molecule has 0 aromatic carbocycles. The van der Waals surface area contributed by atoms with Gasteiger partial charge in [-0.25, -0.2) is 4.68 Å². The Morgan fingerprint density at radius 2 is 1.44 bits per heavy atom. The molecule has 45 heavy (non-hydrogen) atoms. The largest absolute Gasteiger partial charge is 0.463 e. The van der Waals surface area contributed by atoms with Crippen molar-refractivity contribution in [3.63, 3.8) is 0 Å². The number of hydrogen-bond donors (Lipinski definition) is 0. The van der Waals surface area contributed by atoms with Crippen molar-refractivity contribution < 1.29 is 61.7 Å². The van der Waals surface area contributed by atoms with Crippen LogP contribution in [0.15, 0.2) is 18.3 Å². The monoisotopic (exact) mass is 639 g/mol. The fourth-order valence-electron chi connectivity index (χ4n) is 6.19. The maximum absolute atomic E-state index is 12.2. The van der Waals surface area contributed by atoms with E-state index in [-0.39, 0.29) is 33.0 Å². The van der Waals surface area contributed by atoms with Gasteiger partial charge in [0.05, 0.1) is 32.6 Å². The Balaban J connectivity index is 1.26. The molecule has 0 aliphatic carbocycles. The van der Waals surface area contributed by atoms with Gasteiger partial charge in [0.25, 0.3) is 0 Å². The van der Waals surface area contributed by atoms with Crippen LogP contribution in [0.5, 0.6) is 0 Å². The molecule has 6 heterocycles. The number of fused-ring (bicyclic) bond motifs is 8. The molecule has 1 aromatic rings. The molecule has 6 rings (SSSR count). The van der Waals surface area contributed by atoms with Crippen LogP contribution in [0.3, 0.4) is 0 Å². The van der Waals surface area contributed by atoms with E-state index in [4.69, 9.17) is 52.1 Å². The number of hydrogen-bond acceptors (Lipinski definition) is 15. The highest BCUT2D eigenvalue weighted by atomic mass is 16.9. The van der Waals surface area contributed by atoms with Gasteiger partial charge in [0, 0.05) is 13.8 Å². The van der Waals surface area contributed by atoms with E-state index in [1.807, 2.05) is 0 Å². The summed E-state index contributed by atoms with van der Waals surface area (Å²) in [5.41, 5.74) is 0.504. The molecule has 16 nitrogen and oxygen atoms in total. The molecule has 5 aliphatic rings. The van der Waals surface area contributed by atoms with E-state index < -0.39 is 84.9 Å². The molecule has 0 radical (unpaired) electrons. The van der Waals surface area contributed by atoms with E-state index in [0.717, 1.165) is 0 Å². The third kappa shape index (κ3) is 7.39. The van der Waals surface area contributed by atoms with E-state index in [2.05, 4.69) is 10.3 Å². The molecule has 250 valence electrons. The Hall–Kier alpha value is -2.54. The summed E-state index contributed by atoms with van der Waals surface area (Å²) < 4.78 is 67.9. The van der Waals surface area contributed by atoms with Crippen molar-refractivity contribution in [1.82, 2.24) is 15.0 Å². The highest BCUT2D eigenvalue weighted by Gasteiger charge is 2.59. The van der Waals surface area contributed by atoms with Crippen LogP contribution in [-0.4, -0.2) is 120 Å². The Morgan fingerprint density at radius 3 is 2.09 bits per heavy atom. The zero-order chi connectivity index (χ0) is 31.9. The van der Waals surface area contributed by atoms with E-state index in [1.54, 1.807) is 50.7 Å². The van der Waals surface area contributed by atoms with Gasteiger partial charge in [0.15, 0.2) is 30.3 Å². The molecule has 2 bridgehead atoms. The minimum absolute atomic E-state index is 0.0442. The first-order chi connectivity index (χ1) is 21.4. The lowest BCUT2D eigenvalue weighted by Crippen LogP contribution is -2.46. The number of rotatable bonds is 3. The second-order valence-corrected chi connectivity index (χ2v) is 12.4. The van der Waals surface area contributed by atoms with Gasteiger partial charge in [0.2, 0.25) is 0 Å². The standard InChI is InChI=1S/C29H41N3O13/c1-15(33)37-14-19-21-23(25-27(41-21)45-29(5,6)43-25)38-13-17-11-32(31-30-17)12-18(39-16(2)34)20-22(36-10-8-7-9-35-19)24-26(40-20)44-28(3,4)42-24/h7-8,11,18-27H,9-10,12-14H2,1-6H3/b8-7+/t18?,19?,20-,21-,22+,23+,24-,25-,26+,27-/m1/s1. The SMILES string of the molecule is CC(=O)OCC1OC/C=C/CO[C@@H]2[C@H]3OC(C)(C)O[C@@H]3O[C@@H]2C(OC(C)=O)Cn2cc(nn2)CO[C@@H]2[C@H]3OC(C)(C)O[C@H]3O[C@H]12. The molecule has 1 aromatic heterocycles. The predicted molar refractivity (Wildman–Crippen MR) is 147 cm³/mol. The fourth-order valence-corrected chi connectivity index (χ4v) is 6.19. The summed E-state index contributed by atoms with van der Waals surface area (Å²) >= 11 is 0. The molecule has 0 N–H and O–H groups in total. The maximum atomic E-state index is 12.2. The van der Waals surface area contributed by atoms with Crippen LogP contribution >= 0.6 is 0 Å². The number of nitrogens with zero attached hydrogens (tertiary/aromatic N) is 3. The van der Waals surface area contributed by atoms with Crippen LogP contribution in [-0.2, 0) is 74.8 Å². The molecule has 4 saturated heterocycles. The van der Waals surface area contributed by atoms with Gasteiger partial charge in [-0.3, -0.25) is 9.59 Å². The Labute approximate surface area is 260 Å². The third-order valence-electron chi connectivity index (χ3n) is 7.89. The zero-order valence-corrected chi connectivity index (χ0v) is 26.2. The maximum Gasteiger partial charge on any atom is 0.303 e. The summed E-state index contributed by atoms with van der Waals surface area (Å²) in [5.74, 6) is -2.71. The molecule has 4 fully saturated rings. The summed E-state index contributed by atoms with van der Waals surface area (Å²) in [6, 6.07) is 0. The van der Waals surface area contributed by atoms with Crippen LogP contribution < -0.4 is 0 Å². The average molecular weight is 640 g/mol. The molecular formula is C29H41N3O13. The molecule has 16 heteroatoms. The first-order valence-electron chi connectivity index (χ1n) is 15.1. The molecule has 0 amide bonds. The summed E-state index contributed by atoms with van der Waals surface area (Å²) in [4.78, 5) is 23.9. The van der Waals surface area contributed by atoms with Gasteiger partial charge in [0.1, 0.15) is 55.0 Å². The lowest BCUT2D eigenvalue weighted by molar-refractivity contribution is -0.236. The smallest absolute Gasteiger partial charge is 0.303 e. The van der Waals surface area contributed by atoms with E-state index in [9.17, 15) is 9.59 Å². The Bertz CT molecular complexity index is 1250. The first-order valence-corrected chi connectivity index (χ1v) is 15.1. The molecule has 2 unspecified atom stereocenters. The van der Waals surface area contributed by atoms with Gasteiger partial charge in [-0.2, -0.15) is 0 Å². The van der Waals surface area contributed by atoms with Crippen molar-refractivity contribution in [1.29, 1.82) is 0 Å². The third-order valence-corrected chi connectivity index (χ3v) is 7.89. The number of ether oxygens (including phenoxy) is 11. The van der Waals surface area contributed by atoms with Gasteiger partial charge >= 0.3 is 11.9 Å². The van der Waals surface area contributed by atoms with Gasteiger partial charge < -0.3 is 52.1 Å². The van der Waals surface area contributed by atoms with Crippen LogP contribution in [0.4, 0.5) is 0 Å². The molecule has 0 spiro atoms. The predicted octanol–water partition coefficient (Wildman–Crippen LogP) is 0.751. The normalized spacial score (nSPS) is 39.9. The molecule has 0 saturated carbocycles. The van der Waals surface area contributed by atoms with Crippen LogP contribution in [0, 0.1) is 0 Å². The summed E-state index contributed by atoms with van der Waals surface area (Å²) in [6.07, 6.45) is -1.52. The van der Waals surface area contributed by atoms with Crippen LogP contribution in [0.25, 0.3) is 0 Å². The minimum Gasteiger partial charge on any atom is -0.463 e. The van der Waals surface area contributed by atoms with Gasteiger partial charge in [-0.05, 0) is 27.7 Å². The van der Waals surface area contributed by atoms with Crippen molar-refractivity contribution in [2.24, 2.45) is 0 Å². The van der Waals surface area contributed by atoms with Gasteiger partial charge in [-0.15, -0.1) is 5.10 Å². The Morgan fingerprint density at radius 1 is 0.822 bits per heavy atom. The Kier molecular flexibility index (Phi) is 9.31. The lowest BCUT2D eigenvalue weighted by Gasteiger charge is -2.30. The van der Waals surface area contributed by atoms with E-state index in [0.29, 0.717) is 5.69 Å². The van der Waals surface area contributed by atoms with Crippen LogP contribution in [0.1, 0.15) is 47.2 Å². The lowest BCUT2D eigenvalue weighted by atomic mass is 10.0.